The van der Waals surface area contributed by atoms with Gasteiger partial charge >= 0.3 is 0 Å². The summed E-state index contributed by atoms with van der Waals surface area (Å²) < 4.78 is 10.6. The molecule has 0 saturated carbocycles. The average molecular weight is 208 g/mol. The number of hydrogen-bond acceptors (Lipinski definition) is 3. The second kappa shape index (κ2) is 4.21. The summed E-state index contributed by atoms with van der Waals surface area (Å²) >= 11 is 0. The van der Waals surface area contributed by atoms with Crippen molar-refractivity contribution in [2.45, 2.75) is 18.9 Å². The molecule has 1 N–H and O–H groups in total. The summed E-state index contributed by atoms with van der Waals surface area (Å²) in [5.74, 6) is 0.837. The van der Waals surface area contributed by atoms with Crippen molar-refractivity contribution in [1.29, 1.82) is 0 Å². The van der Waals surface area contributed by atoms with E-state index in [0.717, 1.165) is 11.3 Å². The predicted molar refractivity (Wildman–Crippen MR) is 56.9 cm³/mol. The Balaban J connectivity index is 2.15. The maximum Gasteiger partial charge on any atom is 0.119 e. The molecule has 82 valence electrons. The molecule has 1 heterocycles. The second-order valence-electron chi connectivity index (χ2n) is 3.79. The molecule has 0 bridgehead atoms. The van der Waals surface area contributed by atoms with Crippen molar-refractivity contribution in [2.24, 2.45) is 0 Å². The molecule has 0 amide bonds. The van der Waals surface area contributed by atoms with E-state index in [1.165, 1.54) is 0 Å². The highest BCUT2D eigenvalue weighted by atomic mass is 16.5. The van der Waals surface area contributed by atoms with E-state index in [0.29, 0.717) is 26.2 Å². The van der Waals surface area contributed by atoms with E-state index in [1.807, 2.05) is 31.2 Å². The van der Waals surface area contributed by atoms with Gasteiger partial charge < -0.3 is 14.6 Å². The van der Waals surface area contributed by atoms with Crippen molar-refractivity contribution in [3.05, 3.63) is 29.8 Å². The summed E-state index contributed by atoms with van der Waals surface area (Å²) in [7, 11) is 0. The van der Waals surface area contributed by atoms with E-state index in [4.69, 9.17) is 9.47 Å². The lowest BCUT2D eigenvalue weighted by Crippen LogP contribution is -2.25. The maximum absolute atomic E-state index is 10.2. The standard InChI is InChI=1S/C12H16O3/c1-2-15-11-5-3-10(4-6-11)12(13)7-8-14-9-12/h3-6,13H,2,7-9H2,1H3. The van der Waals surface area contributed by atoms with Gasteiger partial charge in [-0.3, -0.25) is 0 Å². The minimum Gasteiger partial charge on any atom is -0.494 e. The Morgan fingerprint density at radius 2 is 2.13 bits per heavy atom. The molecule has 3 nitrogen and oxygen atoms in total. The Bertz CT molecular complexity index is 312. The Kier molecular flexibility index (Phi) is 2.93. The van der Waals surface area contributed by atoms with Gasteiger partial charge in [0.1, 0.15) is 11.4 Å². The number of aliphatic hydroxyl groups is 1. The van der Waals surface area contributed by atoms with Crippen LogP contribution in [0.15, 0.2) is 24.3 Å². The van der Waals surface area contributed by atoms with Gasteiger partial charge in [0.15, 0.2) is 0 Å². The monoisotopic (exact) mass is 208 g/mol. The fourth-order valence-corrected chi connectivity index (χ4v) is 1.81. The van der Waals surface area contributed by atoms with Crippen LogP contribution >= 0.6 is 0 Å². The van der Waals surface area contributed by atoms with Crippen molar-refractivity contribution >= 4 is 0 Å². The van der Waals surface area contributed by atoms with Crippen LogP contribution in [0.4, 0.5) is 0 Å². The first-order valence-electron chi connectivity index (χ1n) is 5.28. The Morgan fingerprint density at radius 3 is 2.67 bits per heavy atom. The van der Waals surface area contributed by atoms with Gasteiger partial charge in [-0.15, -0.1) is 0 Å². The van der Waals surface area contributed by atoms with Crippen LogP contribution < -0.4 is 4.74 Å². The van der Waals surface area contributed by atoms with Crippen molar-refractivity contribution in [3.63, 3.8) is 0 Å². The third-order valence-electron chi connectivity index (χ3n) is 2.70. The first kappa shape index (κ1) is 10.5. The van der Waals surface area contributed by atoms with Crippen molar-refractivity contribution in [1.82, 2.24) is 0 Å². The molecule has 1 aromatic carbocycles. The summed E-state index contributed by atoms with van der Waals surface area (Å²) in [6.07, 6.45) is 0.668. The first-order chi connectivity index (χ1) is 7.24. The van der Waals surface area contributed by atoms with E-state index in [2.05, 4.69) is 0 Å². The molecule has 3 heteroatoms. The number of benzene rings is 1. The fourth-order valence-electron chi connectivity index (χ4n) is 1.81. The molecule has 2 rings (SSSR count). The zero-order valence-corrected chi connectivity index (χ0v) is 8.90. The number of hydrogen-bond donors (Lipinski definition) is 1. The first-order valence-corrected chi connectivity index (χ1v) is 5.28. The number of ether oxygens (including phenoxy) is 2. The Morgan fingerprint density at radius 1 is 1.40 bits per heavy atom. The minimum absolute atomic E-state index is 0.390. The molecule has 1 fully saturated rings. The predicted octanol–water partition coefficient (Wildman–Crippen LogP) is 1.69. The topological polar surface area (TPSA) is 38.7 Å². The second-order valence-corrected chi connectivity index (χ2v) is 3.79. The van der Waals surface area contributed by atoms with Crippen LogP contribution in [-0.2, 0) is 10.3 Å². The lowest BCUT2D eigenvalue weighted by molar-refractivity contribution is 0.0232. The quantitative estimate of drug-likeness (QED) is 0.821. The maximum atomic E-state index is 10.2. The summed E-state index contributed by atoms with van der Waals surface area (Å²) in [6, 6.07) is 7.57. The van der Waals surface area contributed by atoms with E-state index in [-0.39, 0.29) is 0 Å². The van der Waals surface area contributed by atoms with Gasteiger partial charge in [-0.1, -0.05) is 12.1 Å². The van der Waals surface area contributed by atoms with Crippen LogP contribution in [0.1, 0.15) is 18.9 Å². The van der Waals surface area contributed by atoms with Crippen LogP contribution in [0.3, 0.4) is 0 Å². The lowest BCUT2D eigenvalue weighted by Gasteiger charge is -2.20. The Labute approximate surface area is 89.6 Å². The summed E-state index contributed by atoms with van der Waals surface area (Å²) in [4.78, 5) is 0. The SMILES string of the molecule is CCOc1ccc(C2(O)CCOC2)cc1. The van der Waals surface area contributed by atoms with Gasteiger partial charge in [0.2, 0.25) is 0 Å². The molecule has 15 heavy (non-hydrogen) atoms. The number of rotatable bonds is 3. The van der Waals surface area contributed by atoms with Gasteiger partial charge in [0, 0.05) is 13.0 Å². The molecule has 1 aromatic rings. The third-order valence-corrected chi connectivity index (χ3v) is 2.70. The molecule has 0 radical (unpaired) electrons. The molecule has 0 aromatic heterocycles. The van der Waals surface area contributed by atoms with Gasteiger partial charge in [0.25, 0.3) is 0 Å². The third kappa shape index (κ3) is 2.13. The van der Waals surface area contributed by atoms with Crippen LogP contribution in [0.2, 0.25) is 0 Å². The molecule has 1 aliphatic heterocycles. The van der Waals surface area contributed by atoms with Crippen LogP contribution in [0.25, 0.3) is 0 Å². The lowest BCUT2D eigenvalue weighted by atomic mass is 9.93. The highest BCUT2D eigenvalue weighted by Crippen LogP contribution is 2.31. The van der Waals surface area contributed by atoms with Crippen LogP contribution in [0, 0.1) is 0 Å². The molecule has 1 unspecified atom stereocenters. The van der Waals surface area contributed by atoms with Gasteiger partial charge in [-0.25, -0.2) is 0 Å². The zero-order valence-electron chi connectivity index (χ0n) is 8.90. The van der Waals surface area contributed by atoms with Gasteiger partial charge in [0.05, 0.1) is 13.2 Å². The molecule has 1 saturated heterocycles. The van der Waals surface area contributed by atoms with Crippen LogP contribution in [0.5, 0.6) is 5.75 Å². The van der Waals surface area contributed by atoms with Gasteiger partial charge in [-0.2, -0.15) is 0 Å². The summed E-state index contributed by atoms with van der Waals surface area (Å²) in [5, 5.41) is 10.2. The molecular formula is C12H16O3. The van der Waals surface area contributed by atoms with Crippen molar-refractivity contribution in [3.8, 4) is 5.75 Å². The van der Waals surface area contributed by atoms with E-state index in [1.54, 1.807) is 0 Å². The summed E-state index contributed by atoms with van der Waals surface area (Å²) in [6.45, 7) is 3.63. The molecule has 0 aliphatic carbocycles. The average Bonchev–Trinajstić information content (AvgIpc) is 2.68. The fraction of sp³-hybridized carbons (Fsp3) is 0.500. The largest absolute Gasteiger partial charge is 0.494 e. The minimum atomic E-state index is -0.801. The van der Waals surface area contributed by atoms with Crippen molar-refractivity contribution < 1.29 is 14.6 Å². The van der Waals surface area contributed by atoms with Crippen LogP contribution in [-0.4, -0.2) is 24.9 Å². The Hall–Kier alpha value is -1.06. The molecular weight excluding hydrogens is 192 g/mol. The highest BCUT2D eigenvalue weighted by Gasteiger charge is 2.33. The van der Waals surface area contributed by atoms with E-state index >= 15 is 0 Å². The molecule has 1 aliphatic rings. The summed E-state index contributed by atoms with van der Waals surface area (Å²) in [5.41, 5.74) is 0.105. The van der Waals surface area contributed by atoms with E-state index < -0.39 is 5.60 Å². The van der Waals surface area contributed by atoms with Gasteiger partial charge in [-0.05, 0) is 24.6 Å². The zero-order chi connectivity index (χ0) is 10.7. The molecule has 0 spiro atoms. The molecule has 1 atom stereocenters. The van der Waals surface area contributed by atoms with E-state index in [9.17, 15) is 5.11 Å². The highest BCUT2D eigenvalue weighted by molar-refractivity contribution is 5.31. The van der Waals surface area contributed by atoms with Crippen molar-refractivity contribution in [2.75, 3.05) is 19.8 Å². The smallest absolute Gasteiger partial charge is 0.119 e. The normalized spacial score (nSPS) is 25.5.